The summed E-state index contributed by atoms with van der Waals surface area (Å²) >= 11 is 0. The van der Waals surface area contributed by atoms with Crippen molar-refractivity contribution in [1.29, 1.82) is 0 Å². The Bertz CT molecular complexity index is 644. The molecular formula is C10H15N3O5S2. The molecule has 0 aliphatic heterocycles. The van der Waals surface area contributed by atoms with Crippen molar-refractivity contribution in [3.63, 3.8) is 0 Å². The predicted octanol–water partition coefficient (Wildman–Crippen LogP) is 0.222. The molecule has 0 radical (unpaired) electrons. The van der Waals surface area contributed by atoms with E-state index in [1.165, 1.54) is 25.3 Å². The third-order valence-electron chi connectivity index (χ3n) is 2.34. The van der Waals surface area contributed by atoms with Gasteiger partial charge in [0, 0.05) is 28.9 Å². The van der Waals surface area contributed by atoms with Crippen molar-refractivity contribution in [2.75, 3.05) is 17.7 Å². The summed E-state index contributed by atoms with van der Waals surface area (Å²) in [4.78, 5) is 9.59. The molecule has 0 aliphatic carbocycles. The van der Waals surface area contributed by atoms with E-state index < -0.39 is 42.4 Å². The van der Waals surface area contributed by atoms with Gasteiger partial charge in [0.15, 0.2) is 4.90 Å². The highest BCUT2D eigenvalue weighted by Crippen LogP contribution is 2.29. The SMILES string of the molecule is CC(CS(C)=O)NS(=O)(=O)c1cccc(N)c1[N+](=O)[O-]. The smallest absolute Gasteiger partial charge is 0.312 e. The number of sulfonamides is 1. The molecule has 10 heteroatoms. The van der Waals surface area contributed by atoms with Crippen LogP contribution in [0.25, 0.3) is 0 Å². The second-order valence-corrected chi connectivity index (χ2v) is 7.38. The van der Waals surface area contributed by atoms with Crippen LogP contribution in [0.5, 0.6) is 0 Å². The first-order valence-electron chi connectivity index (χ1n) is 5.50. The van der Waals surface area contributed by atoms with Crippen LogP contribution < -0.4 is 10.5 Å². The van der Waals surface area contributed by atoms with Gasteiger partial charge in [-0.15, -0.1) is 0 Å². The van der Waals surface area contributed by atoms with Gasteiger partial charge in [0.1, 0.15) is 5.69 Å². The summed E-state index contributed by atoms with van der Waals surface area (Å²) in [6, 6.07) is 3.06. The number of para-hydroxylation sites is 1. The van der Waals surface area contributed by atoms with Gasteiger partial charge in [0.25, 0.3) is 0 Å². The van der Waals surface area contributed by atoms with Gasteiger partial charge in [-0.25, -0.2) is 13.1 Å². The Balaban J connectivity index is 3.20. The lowest BCUT2D eigenvalue weighted by Gasteiger charge is -2.13. The zero-order chi connectivity index (χ0) is 15.5. The standard InChI is InChI=1S/C10H15N3O5S2/c1-7(6-19(2)16)12-20(17,18)9-5-3-4-8(11)10(9)13(14)15/h3-5,7,12H,6,11H2,1-2H3. The number of hydrogen-bond donors (Lipinski definition) is 2. The van der Waals surface area contributed by atoms with Crippen molar-refractivity contribution in [2.45, 2.75) is 17.9 Å². The molecule has 0 aliphatic rings. The van der Waals surface area contributed by atoms with Crippen LogP contribution in [0.15, 0.2) is 23.1 Å². The van der Waals surface area contributed by atoms with Gasteiger partial charge in [0.2, 0.25) is 10.0 Å². The van der Waals surface area contributed by atoms with E-state index in [-0.39, 0.29) is 11.4 Å². The number of anilines is 1. The van der Waals surface area contributed by atoms with E-state index >= 15 is 0 Å². The highest BCUT2D eigenvalue weighted by molar-refractivity contribution is 7.89. The number of hydrogen-bond acceptors (Lipinski definition) is 6. The fraction of sp³-hybridized carbons (Fsp3) is 0.400. The fourth-order valence-corrected chi connectivity index (χ4v) is 4.00. The van der Waals surface area contributed by atoms with Gasteiger partial charge in [-0.05, 0) is 19.1 Å². The molecule has 0 amide bonds. The van der Waals surface area contributed by atoms with Crippen LogP contribution in [0.3, 0.4) is 0 Å². The van der Waals surface area contributed by atoms with Crippen LogP contribution in [-0.4, -0.2) is 35.6 Å². The molecule has 2 unspecified atom stereocenters. The number of nitro groups is 1. The Labute approximate surface area is 119 Å². The van der Waals surface area contributed by atoms with Gasteiger partial charge in [-0.3, -0.25) is 14.3 Å². The van der Waals surface area contributed by atoms with E-state index in [0.29, 0.717) is 0 Å². The second kappa shape index (κ2) is 6.29. The van der Waals surface area contributed by atoms with Crippen molar-refractivity contribution < 1.29 is 17.6 Å². The van der Waals surface area contributed by atoms with Crippen molar-refractivity contribution >= 4 is 32.2 Å². The topological polar surface area (TPSA) is 132 Å². The van der Waals surface area contributed by atoms with E-state index in [1.54, 1.807) is 0 Å². The zero-order valence-corrected chi connectivity index (χ0v) is 12.5. The zero-order valence-electron chi connectivity index (χ0n) is 10.9. The Kier molecular flexibility index (Phi) is 5.20. The largest absolute Gasteiger partial charge is 0.393 e. The predicted molar refractivity (Wildman–Crippen MR) is 76.2 cm³/mol. The number of benzene rings is 1. The maximum atomic E-state index is 12.1. The summed E-state index contributed by atoms with van der Waals surface area (Å²) in [5.41, 5.74) is 4.55. The minimum absolute atomic E-state index is 0.106. The molecule has 2 atom stereocenters. The van der Waals surface area contributed by atoms with Crippen molar-refractivity contribution in [3.05, 3.63) is 28.3 Å². The maximum absolute atomic E-state index is 12.1. The molecule has 0 saturated heterocycles. The molecule has 20 heavy (non-hydrogen) atoms. The van der Waals surface area contributed by atoms with Crippen LogP contribution in [0, 0.1) is 10.1 Å². The first-order chi connectivity index (χ1) is 9.15. The summed E-state index contributed by atoms with van der Waals surface area (Å²) in [5, 5.41) is 10.9. The molecule has 112 valence electrons. The van der Waals surface area contributed by atoms with Gasteiger partial charge < -0.3 is 5.73 Å². The van der Waals surface area contributed by atoms with Crippen LogP contribution in [0.2, 0.25) is 0 Å². The Morgan fingerprint density at radius 3 is 2.60 bits per heavy atom. The summed E-state index contributed by atoms with van der Waals surface area (Å²) in [6.45, 7) is 1.52. The third kappa shape index (κ3) is 3.99. The first-order valence-corrected chi connectivity index (χ1v) is 8.71. The molecular weight excluding hydrogens is 306 g/mol. The second-order valence-electron chi connectivity index (χ2n) is 4.21. The van der Waals surface area contributed by atoms with Crippen molar-refractivity contribution in [2.24, 2.45) is 0 Å². The number of nitrogens with zero attached hydrogens (tertiary/aromatic N) is 1. The molecule has 0 fully saturated rings. The monoisotopic (exact) mass is 321 g/mol. The molecule has 0 heterocycles. The highest BCUT2D eigenvalue weighted by Gasteiger charge is 2.29. The quantitative estimate of drug-likeness (QED) is 0.437. The van der Waals surface area contributed by atoms with Gasteiger partial charge in [-0.1, -0.05) is 6.07 Å². The summed E-state index contributed by atoms with van der Waals surface area (Å²) < 4.78 is 37.6. The number of nitrogens with one attached hydrogen (secondary N) is 1. The molecule has 1 aromatic carbocycles. The minimum Gasteiger partial charge on any atom is -0.393 e. The molecule has 1 aromatic rings. The number of nitro benzene ring substituents is 1. The van der Waals surface area contributed by atoms with Crippen LogP contribution in [0.4, 0.5) is 11.4 Å². The Hall–Kier alpha value is -1.52. The van der Waals surface area contributed by atoms with Crippen molar-refractivity contribution in [1.82, 2.24) is 4.72 Å². The molecule has 1 rings (SSSR count). The van der Waals surface area contributed by atoms with Crippen LogP contribution in [0.1, 0.15) is 6.92 Å². The third-order valence-corrected chi connectivity index (χ3v) is 4.93. The fourth-order valence-electron chi connectivity index (χ4n) is 1.67. The average molecular weight is 321 g/mol. The van der Waals surface area contributed by atoms with Crippen molar-refractivity contribution in [3.8, 4) is 0 Å². The molecule has 3 N–H and O–H groups in total. The van der Waals surface area contributed by atoms with Gasteiger partial charge >= 0.3 is 5.69 Å². The number of nitrogen functional groups attached to an aromatic ring is 1. The normalized spacial score (nSPS) is 14.7. The van der Waals surface area contributed by atoms with Crippen LogP contribution >= 0.6 is 0 Å². The van der Waals surface area contributed by atoms with Gasteiger partial charge in [0.05, 0.1) is 4.92 Å². The summed E-state index contributed by atoms with van der Waals surface area (Å²) in [5.74, 6) is 0.106. The van der Waals surface area contributed by atoms with E-state index in [2.05, 4.69) is 4.72 Å². The lowest BCUT2D eigenvalue weighted by atomic mass is 10.3. The maximum Gasteiger partial charge on any atom is 0.312 e. The molecule has 0 spiro atoms. The van der Waals surface area contributed by atoms with E-state index in [9.17, 15) is 22.7 Å². The van der Waals surface area contributed by atoms with Crippen LogP contribution in [-0.2, 0) is 20.8 Å². The Morgan fingerprint density at radius 2 is 2.10 bits per heavy atom. The van der Waals surface area contributed by atoms with Gasteiger partial charge in [-0.2, -0.15) is 0 Å². The summed E-state index contributed by atoms with van der Waals surface area (Å²) in [7, 11) is -5.30. The minimum atomic E-state index is -4.11. The Morgan fingerprint density at radius 1 is 1.50 bits per heavy atom. The molecule has 8 nitrogen and oxygen atoms in total. The average Bonchev–Trinajstić information content (AvgIpc) is 2.25. The molecule has 0 saturated carbocycles. The number of rotatable bonds is 6. The number of nitrogens with two attached hydrogens (primary N) is 1. The van der Waals surface area contributed by atoms with E-state index in [1.807, 2.05) is 0 Å². The van der Waals surface area contributed by atoms with E-state index in [0.717, 1.165) is 6.07 Å². The van der Waals surface area contributed by atoms with E-state index in [4.69, 9.17) is 5.73 Å². The lowest BCUT2D eigenvalue weighted by molar-refractivity contribution is -0.386. The highest BCUT2D eigenvalue weighted by atomic mass is 32.2. The molecule has 0 aromatic heterocycles. The molecule has 0 bridgehead atoms. The lowest BCUT2D eigenvalue weighted by Crippen LogP contribution is -2.36. The summed E-state index contributed by atoms with van der Waals surface area (Å²) in [6.07, 6.45) is 1.44. The first kappa shape index (κ1) is 16.5.